The standard InChI is InChI=1S/C15H23N/c1-11-7-4-5-9-14(11)13(3)16-15-10-6-8-12(15)2/h4-5,7,9,12-13,15-16H,6,8,10H2,1-3H3/t12?,13-,15?/m0/s1. The summed E-state index contributed by atoms with van der Waals surface area (Å²) in [5.41, 5.74) is 2.84. The van der Waals surface area contributed by atoms with E-state index in [4.69, 9.17) is 0 Å². The molecule has 1 saturated carbocycles. The molecule has 1 fully saturated rings. The molecule has 1 aromatic rings. The van der Waals surface area contributed by atoms with Gasteiger partial charge < -0.3 is 5.32 Å². The fourth-order valence-corrected chi connectivity index (χ4v) is 2.88. The lowest BCUT2D eigenvalue weighted by atomic mass is 9.99. The molecular weight excluding hydrogens is 194 g/mol. The van der Waals surface area contributed by atoms with Crippen LogP contribution in [0.5, 0.6) is 0 Å². The van der Waals surface area contributed by atoms with Crippen molar-refractivity contribution >= 4 is 0 Å². The van der Waals surface area contributed by atoms with Crippen molar-refractivity contribution in [3.63, 3.8) is 0 Å². The maximum Gasteiger partial charge on any atom is 0.0297 e. The lowest BCUT2D eigenvalue weighted by Crippen LogP contribution is -2.33. The van der Waals surface area contributed by atoms with Crippen molar-refractivity contribution in [2.45, 2.75) is 52.1 Å². The average molecular weight is 217 g/mol. The Kier molecular flexibility index (Phi) is 3.65. The third-order valence-corrected chi connectivity index (χ3v) is 3.98. The van der Waals surface area contributed by atoms with Crippen LogP contribution in [0, 0.1) is 12.8 Å². The predicted molar refractivity (Wildman–Crippen MR) is 69.5 cm³/mol. The van der Waals surface area contributed by atoms with Gasteiger partial charge in [0.25, 0.3) is 0 Å². The predicted octanol–water partition coefficient (Wildman–Crippen LogP) is 3.83. The van der Waals surface area contributed by atoms with Crippen LogP contribution in [0.4, 0.5) is 0 Å². The highest BCUT2D eigenvalue weighted by atomic mass is 15.0. The molecule has 0 radical (unpaired) electrons. The first-order chi connectivity index (χ1) is 7.68. The summed E-state index contributed by atoms with van der Waals surface area (Å²) >= 11 is 0. The zero-order chi connectivity index (χ0) is 11.5. The first kappa shape index (κ1) is 11.7. The second kappa shape index (κ2) is 5.01. The maximum absolute atomic E-state index is 3.79. The largest absolute Gasteiger partial charge is 0.307 e. The van der Waals surface area contributed by atoms with Crippen LogP contribution in [0.1, 0.15) is 50.3 Å². The van der Waals surface area contributed by atoms with Gasteiger partial charge in [0.2, 0.25) is 0 Å². The van der Waals surface area contributed by atoms with Gasteiger partial charge in [-0.3, -0.25) is 0 Å². The molecule has 1 aliphatic carbocycles. The lowest BCUT2D eigenvalue weighted by molar-refractivity contribution is 0.388. The highest BCUT2D eigenvalue weighted by Crippen LogP contribution is 2.27. The minimum atomic E-state index is 0.478. The maximum atomic E-state index is 3.79. The Morgan fingerprint density at radius 1 is 1.25 bits per heavy atom. The Hall–Kier alpha value is -0.820. The van der Waals surface area contributed by atoms with Gasteiger partial charge in [0.1, 0.15) is 0 Å². The first-order valence-electron chi connectivity index (χ1n) is 6.50. The highest BCUT2D eigenvalue weighted by Gasteiger charge is 2.24. The molecule has 88 valence electrons. The monoisotopic (exact) mass is 217 g/mol. The SMILES string of the molecule is Cc1ccccc1[C@H](C)NC1CCCC1C. The Balaban J connectivity index is 2.03. The van der Waals surface area contributed by atoms with Crippen LogP contribution in [0.3, 0.4) is 0 Å². The van der Waals surface area contributed by atoms with Gasteiger partial charge in [-0.15, -0.1) is 0 Å². The molecule has 0 aliphatic heterocycles. The molecule has 2 unspecified atom stereocenters. The Bertz CT molecular complexity index is 345. The molecular formula is C15H23N. The summed E-state index contributed by atoms with van der Waals surface area (Å²) in [4.78, 5) is 0. The minimum absolute atomic E-state index is 0.478. The summed E-state index contributed by atoms with van der Waals surface area (Å²) in [7, 11) is 0. The summed E-state index contributed by atoms with van der Waals surface area (Å²) in [6, 6.07) is 9.89. The molecule has 0 saturated heterocycles. The van der Waals surface area contributed by atoms with E-state index in [-0.39, 0.29) is 0 Å². The van der Waals surface area contributed by atoms with E-state index < -0.39 is 0 Å². The Morgan fingerprint density at radius 3 is 2.62 bits per heavy atom. The fraction of sp³-hybridized carbons (Fsp3) is 0.600. The van der Waals surface area contributed by atoms with Crippen LogP contribution in [0.15, 0.2) is 24.3 Å². The van der Waals surface area contributed by atoms with E-state index >= 15 is 0 Å². The van der Waals surface area contributed by atoms with Crippen molar-refractivity contribution in [3.8, 4) is 0 Å². The third kappa shape index (κ3) is 2.46. The van der Waals surface area contributed by atoms with E-state index in [1.54, 1.807) is 0 Å². The lowest BCUT2D eigenvalue weighted by Gasteiger charge is -2.24. The minimum Gasteiger partial charge on any atom is -0.307 e. The van der Waals surface area contributed by atoms with Crippen LogP contribution < -0.4 is 5.32 Å². The molecule has 1 aliphatic rings. The second-order valence-electron chi connectivity index (χ2n) is 5.26. The molecule has 1 heteroatoms. The van der Waals surface area contributed by atoms with E-state index in [0.717, 1.165) is 12.0 Å². The van der Waals surface area contributed by atoms with Crippen molar-refractivity contribution < 1.29 is 0 Å². The number of rotatable bonds is 3. The van der Waals surface area contributed by atoms with Gasteiger partial charge in [-0.25, -0.2) is 0 Å². The molecule has 1 nitrogen and oxygen atoms in total. The topological polar surface area (TPSA) is 12.0 Å². The molecule has 1 aromatic carbocycles. The molecule has 3 atom stereocenters. The summed E-state index contributed by atoms with van der Waals surface area (Å²) in [6.45, 7) is 6.86. The molecule has 16 heavy (non-hydrogen) atoms. The van der Waals surface area contributed by atoms with Crippen LogP contribution >= 0.6 is 0 Å². The van der Waals surface area contributed by atoms with Gasteiger partial charge in [0, 0.05) is 12.1 Å². The summed E-state index contributed by atoms with van der Waals surface area (Å²) in [5.74, 6) is 0.839. The highest BCUT2D eigenvalue weighted by molar-refractivity contribution is 5.28. The number of hydrogen-bond donors (Lipinski definition) is 1. The molecule has 1 N–H and O–H groups in total. The van der Waals surface area contributed by atoms with Crippen LogP contribution in [0.2, 0.25) is 0 Å². The van der Waals surface area contributed by atoms with Crippen molar-refractivity contribution in [1.82, 2.24) is 5.32 Å². The summed E-state index contributed by atoms with van der Waals surface area (Å²) in [5, 5.41) is 3.79. The quantitative estimate of drug-likeness (QED) is 0.811. The molecule has 0 bridgehead atoms. The Morgan fingerprint density at radius 2 is 2.00 bits per heavy atom. The summed E-state index contributed by atoms with van der Waals surface area (Å²) in [6.07, 6.45) is 4.12. The number of benzene rings is 1. The van der Waals surface area contributed by atoms with E-state index in [9.17, 15) is 0 Å². The van der Waals surface area contributed by atoms with E-state index in [0.29, 0.717) is 6.04 Å². The van der Waals surface area contributed by atoms with Gasteiger partial charge in [-0.1, -0.05) is 37.6 Å². The third-order valence-electron chi connectivity index (χ3n) is 3.98. The van der Waals surface area contributed by atoms with E-state index in [2.05, 4.69) is 50.4 Å². The van der Waals surface area contributed by atoms with Gasteiger partial charge >= 0.3 is 0 Å². The summed E-state index contributed by atoms with van der Waals surface area (Å²) < 4.78 is 0. The molecule has 0 heterocycles. The first-order valence-corrected chi connectivity index (χ1v) is 6.50. The van der Waals surface area contributed by atoms with Crippen LogP contribution in [0.25, 0.3) is 0 Å². The molecule has 2 rings (SSSR count). The van der Waals surface area contributed by atoms with E-state index in [1.165, 1.54) is 30.4 Å². The number of aryl methyl sites for hydroxylation is 1. The van der Waals surface area contributed by atoms with Gasteiger partial charge in [0.05, 0.1) is 0 Å². The van der Waals surface area contributed by atoms with Gasteiger partial charge in [-0.2, -0.15) is 0 Å². The van der Waals surface area contributed by atoms with Crippen molar-refractivity contribution in [3.05, 3.63) is 35.4 Å². The zero-order valence-corrected chi connectivity index (χ0v) is 10.7. The molecule has 0 amide bonds. The smallest absolute Gasteiger partial charge is 0.0297 e. The van der Waals surface area contributed by atoms with Crippen LogP contribution in [-0.4, -0.2) is 6.04 Å². The van der Waals surface area contributed by atoms with Gasteiger partial charge in [0.15, 0.2) is 0 Å². The zero-order valence-electron chi connectivity index (χ0n) is 10.7. The van der Waals surface area contributed by atoms with Crippen molar-refractivity contribution in [1.29, 1.82) is 0 Å². The van der Waals surface area contributed by atoms with E-state index in [1.807, 2.05) is 0 Å². The second-order valence-corrected chi connectivity index (χ2v) is 5.26. The van der Waals surface area contributed by atoms with Crippen molar-refractivity contribution in [2.75, 3.05) is 0 Å². The van der Waals surface area contributed by atoms with Crippen LogP contribution in [-0.2, 0) is 0 Å². The number of hydrogen-bond acceptors (Lipinski definition) is 1. The average Bonchev–Trinajstić information content (AvgIpc) is 2.65. The van der Waals surface area contributed by atoms with Crippen molar-refractivity contribution in [2.24, 2.45) is 5.92 Å². The van der Waals surface area contributed by atoms with Gasteiger partial charge in [-0.05, 0) is 43.7 Å². The Labute approximate surface area is 99.3 Å². The molecule has 0 spiro atoms. The number of nitrogens with one attached hydrogen (secondary N) is 1. The fourth-order valence-electron chi connectivity index (χ4n) is 2.88. The normalized spacial score (nSPS) is 26.9. The molecule has 0 aromatic heterocycles.